The highest BCUT2D eigenvalue weighted by Crippen LogP contribution is 2.30. The number of nitrogens with zero attached hydrogens (tertiary/aromatic N) is 3. The molecule has 0 heterocycles. The molecule has 1 aromatic rings. The normalized spacial score (nSPS) is 10.6. The molecule has 0 aliphatic carbocycles. The lowest BCUT2D eigenvalue weighted by Gasteiger charge is -2.19. The van der Waals surface area contributed by atoms with Crippen LogP contribution in [0.1, 0.15) is 20.3 Å². The van der Waals surface area contributed by atoms with Crippen LogP contribution in [-0.4, -0.2) is 41.0 Å². The molecular weight excluding hydrogens is 278 g/mol. The first-order valence-electron chi connectivity index (χ1n) is 6.77. The molecule has 0 bridgehead atoms. The third-order valence-electron chi connectivity index (χ3n) is 3.00. The van der Waals surface area contributed by atoms with Gasteiger partial charge in [-0.05, 0) is 25.6 Å². The lowest BCUT2D eigenvalue weighted by Crippen LogP contribution is -2.29. The third kappa shape index (κ3) is 4.99. The molecule has 0 unspecified atom stereocenters. The van der Waals surface area contributed by atoms with E-state index in [2.05, 4.69) is 11.8 Å². The van der Waals surface area contributed by atoms with Crippen LogP contribution in [0.2, 0.25) is 0 Å². The van der Waals surface area contributed by atoms with Crippen LogP contribution in [-0.2, 0) is 0 Å². The average Bonchev–Trinajstić information content (AvgIpc) is 2.46. The molecule has 0 aliphatic heterocycles. The maximum atomic E-state index is 10.9. The first-order chi connectivity index (χ1) is 9.99. The van der Waals surface area contributed by atoms with Crippen LogP contribution >= 0.6 is 0 Å². The van der Waals surface area contributed by atoms with E-state index in [-0.39, 0.29) is 17.1 Å². The van der Waals surface area contributed by atoms with Crippen molar-refractivity contribution in [1.82, 2.24) is 4.90 Å². The van der Waals surface area contributed by atoms with Gasteiger partial charge in [0.1, 0.15) is 6.61 Å². The Labute approximate surface area is 122 Å². The number of hydrogen-bond donors (Lipinski definition) is 0. The number of likely N-dealkylation sites (N-methyl/N-ethyl adjacent to an activating group) is 1. The maximum absolute atomic E-state index is 10.9. The fraction of sp³-hybridized carbons (Fsp3) is 0.538. The van der Waals surface area contributed by atoms with Gasteiger partial charge in [0.05, 0.1) is 15.9 Å². The second-order valence-electron chi connectivity index (χ2n) is 4.45. The lowest BCUT2D eigenvalue weighted by molar-refractivity contribution is -0.394. The van der Waals surface area contributed by atoms with Gasteiger partial charge in [-0.15, -0.1) is 0 Å². The Hall–Kier alpha value is -2.22. The van der Waals surface area contributed by atoms with Crippen molar-refractivity contribution >= 4 is 11.4 Å². The van der Waals surface area contributed by atoms with Crippen molar-refractivity contribution in [2.45, 2.75) is 20.3 Å². The van der Waals surface area contributed by atoms with Crippen LogP contribution in [0.25, 0.3) is 0 Å². The van der Waals surface area contributed by atoms with Crippen molar-refractivity contribution in [2.75, 3.05) is 26.2 Å². The van der Waals surface area contributed by atoms with E-state index in [9.17, 15) is 20.2 Å². The molecule has 0 fully saturated rings. The second kappa shape index (κ2) is 8.15. The quantitative estimate of drug-likeness (QED) is 0.513. The molecule has 0 atom stereocenters. The second-order valence-corrected chi connectivity index (χ2v) is 4.45. The van der Waals surface area contributed by atoms with E-state index in [1.54, 1.807) is 0 Å². The van der Waals surface area contributed by atoms with Gasteiger partial charge in [-0.2, -0.15) is 0 Å². The van der Waals surface area contributed by atoms with E-state index in [4.69, 9.17) is 4.74 Å². The number of nitro benzene ring substituents is 2. The van der Waals surface area contributed by atoms with Crippen LogP contribution in [0.15, 0.2) is 18.2 Å². The Morgan fingerprint density at radius 3 is 2.38 bits per heavy atom. The highest BCUT2D eigenvalue weighted by Gasteiger charge is 2.20. The zero-order valence-corrected chi connectivity index (χ0v) is 12.2. The van der Waals surface area contributed by atoms with Gasteiger partial charge in [-0.25, -0.2) is 0 Å². The molecule has 0 N–H and O–H groups in total. The first kappa shape index (κ1) is 16.8. The van der Waals surface area contributed by atoms with Crippen LogP contribution in [0.3, 0.4) is 0 Å². The third-order valence-corrected chi connectivity index (χ3v) is 3.00. The smallest absolute Gasteiger partial charge is 0.317 e. The number of non-ortho nitro benzene ring substituents is 1. The Bertz CT molecular complexity index is 507. The molecule has 21 heavy (non-hydrogen) atoms. The highest BCUT2D eigenvalue weighted by molar-refractivity contribution is 5.53. The molecule has 116 valence electrons. The molecule has 1 aromatic carbocycles. The number of rotatable bonds is 9. The predicted molar refractivity (Wildman–Crippen MR) is 77.7 cm³/mol. The minimum atomic E-state index is -0.675. The van der Waals surface area contributed by atoms with E-state index < -0.39 is 9.85 Å². The summed E-state index contributed by atoms with van der Waals surface area (Å²) in [5.74, 6) is 0.0538. The lowest BCUT2D eigenvalue weighted by atomic mass is 10.2. The van der Waals surface area contributed by atoms with Crippen LogP contribution < -0.4 is 4.74 Å². The van der Waals surface area contributed by atoms with Crippen LogP contribution in [0.5, 0.6) is 5.75 Å². The summed E-state index contributed by atoms with van der Waals surface area (Å²) in [6.07, 6.45) is 1.02. The van der Waals surface area contributed by atoms with Gasteiger partial charge in [0.15, 0.2) is 5.75 Å². The molecule has 8 nitrogen and oxygen atoms in total. The maximum Gasteiger partial charge on any atom is 0.317 e. The summed E-state index contributed by atoms with van der Waals surface area (Å²) >= 11 is 0. The van der Waals surface area contributed by atoms with Crippen molar-refractivity contribution in [3.63, 3.8) is 0 Å². The minimum Gasteiger partial charge on any atom is -0.485 e. The number of nitro groups is 2. The van der Waals surface area contributed by atoms with Gasteiger partial charge in [0.25, 0.3) is 5.69 Å². The standard InChI is InChI=1S/C13H19N3O5/c1-3-7-14(4-2)8-9-21-13-6-5-11(15(17)18)10-12(13)16(19)20/h5-6,10H,3-4,7-9H2,1-2H3. The molecule has 0 spiro atoms. The van der Waals surface area contributed by atoms with Gasteiger partial charge >= 0.3 is 5.69 Å². The fourth-order valence-electron chi connectivity index (χ4n) is 1.91. The number of ether oxygens (including phenoxy) is 1. The van der Waals surface area contributed by atoms with E-state index in [0.717, 1.165) is 25.6 Å². The molecular formula is C13H19N3O5. The summed E-state index contributed by atoms with van der Waals surface area (Å²) in [6, 6.07) is 3.39. The molecule has 0 saturated carbocycles. The number of hydrogen-bond acceptors (Lipinski definition) is 6. The van der Waals surface area contributed by atoms with E-state index in [0.29, 0.717) is 13.2 Å². The van der Waals surface area contributed by atoms with Crippen LogP contribution in [0.4, 0.5) is 11.4 Å². The monoisotopic (exact) mass is 297 g/mol. The van der Waals surface area contributed by atoms with Gasteiger partial charge in [-0.1, -0.05) is 13.8 Å². The Morgan fingerprint density at radius 1 is 1.14 bits per heavy atom. The van der Waals surface area contributed by atoms with Gasteiger partial charge < -0.3 is 9.64 Å². The Morgan fingerprint density at radius 2 is 1.86 bits per heavy atom. The fourth-order valence-corrected chi connectivity index (χ4v) is 1.91. The van der Waals surface area contributed by atoms with E-state index in [1.165, 1.54) is 12.1 Å². The topological polar surface area (TPSA) is 98.8 Å². The summed E-state index contributed by atoms with van der Waals surface area (Å²) in [5.41, 5.74) is -0.710. The van der Waals surface area contributed by atoms with Crippen molar-refractivity contribution in [2.24, 2.45) is 0 Å². The SMILES string of the molecule is CCCN(CC)CCOc1ccc([N+](=O)[O-])cc1[N+](=O)[O-]. The summed E-state index contributed by atoms with van der Waals surface area (Å²) < 4.78 is 5.41. The molecule has 8 heteroatoms. The highest BCUT2D eigenvalue weighted by atomic mass is 16.6. The zero-order valence-electron chi connectivity index (χ0n) is 12.2. The van der Waals surface area contributed by atoms with Gasteiger partial charge in [0, 0.05) is 12.6 Å². The van der Waals surface area contributed by atoms with E-state index in [1.807, 2.05) is 6.92 Å². The van der Waals surface area contributed by atoms with Crippen LogP contribution in [0, 0.1) is 20.2 Å². The summed E-state index contributed by atoms with van der Waals surface area (Å²) in [5, 5.41) is 21.6. The Balaban J connectivity index is 2.74. The minimum absolute atomic E-state index is 0.0538. The molecule has 0 amide bonds. The molecule has 1 rings (SSSR count). The number of benzene rings is 1. The van der Waals surface area contributed by atoms with Gasteiger partial charge in [-0.3, -0.25) is 20.2 Å². The van der Waals surface area contributed by atoms with Gasteiger partial charge in [0.2, 0.25) is 0 Å². The van der Waals surface area contributed by atoms with Crippen molar-refractivity contribution in [3.8, 4) is 5.75 Å². The van der Waals surface area contributed by atoms with Crippen molar-refractivity contribution < 1.29 is 14.6 Å². The molecule has 0 aliphatic rings. The largest absolute Gasteiger partial charge is 0.485 e. The van der Waals surface area contributed by atoms with E-state index >= 15 is 0 Å². The molecule has 0 radical (unpaired) electrons. The summed E-state index contributed by atoms with van der Waals surface area (Å²) in [7, 11) is 0. The Kier molecular flexibility index (Phi) is 6.54. The molecule has 0 saturated heterocycles. The predicted octanol–water partition coefficient (Wildman–Crippen LogP) is 2.61. The summed E-state index contributed by atoms with van der Waals surface area (Å²) in [6.45, 7) is 6.86. The molecule has 0 aromatic heterocycles. The van der Waals surface area contributed by atoms with Crippen molar-refractivity contribution in [1.29, 1.82) is 0 Å². The average molecular weight is 297 g/mol. The van der Waals surface area contributed by atoms with Crippen molar-refractivity contribution in [3.05, 3.63) is 38.4 Å². The first-order valence-corrected chi connectivity index (χ1v) is 6.77. The zero-order chi connectivity index (χ0) is 15.8. The summed E-state index contributed by atoms with van der Waals surface area (Å²) in [4.78, 5) is 22.4.